The van der Waals surface area contributed by atoms with Crippen LogP contribution in [0.1, 0.15) is 19.4 Å². The van der Waals surface area contributed by atoms with Gasteiger partial charge in [0, 0.05) is 18.2 Å². The topological polar surface area (TPSA) is 64.8 Å². The van der Waals surface area contributed by atoms with E-state index < -0.39 is 0 Å². The number of nitrogens with two attached hydrogens (primary N) is 1. The molecule has 0 saturated heterocycles. The Morgan fingerprint density at radius 3 is 2.47 bits per heavy atom. The summed E-state index contributed by atoms with van der Waals surface area (Å²) in [6.45, 7) is 4.85. The Hall–Kier alpha value is -1.75. The highest BCUT2D eigenvalue weighted by molar-refractivity contribution is 5.76. The summed E-state index contributed by atoms with van der Waals surface area (Å²) in [5.41, 5.74) is 6.24. The summed E-state index contributed by atoms with van der Waals surface area (Å²) >= 11 is 0. The number of nitrogens with zero attached hydrogens (tertiary/aromatic N) is 1. The fourth-order valence-corrected chi connectivity index (χ4v) is 1.85. The van der Waals surface area contributed by atoms with E-state index in [1.165, 1.54) is 0 Å². The first-order valence-electron chi connectivity index (χ1n) is 6.21. The van der Waals surface area contributed by atoms with Crippen molar-refractivity contribution in [2.24, 2.45) is 5.73 Å². The van der Waals surface area contributed by atoms with Crippen LogP contribution in [-0.4, -0.2) is 37.6 Å². The van der Waals surface area contributed by atoms with E-state index in [0.717, 1.165) is 17.1 Å². The molecule has 5 nitrogen and oxygen atoms in total. The lowest BCUT2D eigenvalue weighted by Crippen LogP contribution is -2.38. The number of carbonyl (C=O) groups is 1. The third-order valence-electron chi connectivity index (χ3n) is 2.95. The van der Waals surface area contributed by atoms with E-state index in [1.807, 2.05) is 36.9 Å². The highest BCUT2D eigenvalue weighted by Crippen LogP contribution is 2.25. The Bertz CT molecular complexity index is 433. The predicted octanol–water partition coefficient (Wildman–Crippen LogP) is 1.40. The van der Waals surface area contributed by atoms with Gasteiger partial charge in [0.05, 0.1) is 20.8 Å². The number of primary amides is 1. The van der Waals surface area contributed by atoms with E-state index in [4.69, 9.17) is 15.2 Å². The molecule has 5 heteroatoms. The maximum atomic E-state index is 11.1. The first-order chi connectivity index (χ1) is 8.97. The lowest BCUT2D eigenvalue weighted by atomic mass is 10.1. The van der Waals surface area contributed by atoms with E-state index in [1.54, 1.807) is 14.2 Å². The average Bonchev–Trinajstić information content (AvgIpc) is 2.37. The zero-order chi connectivity index (χ0) is 14.4. The van der Waals surface area contributed by atoms with Gasteiger partial charge in [-0.05, 0) is 32.0 Å². The smallest absolute Gasteiger partial charge is 0.231 e. The molecule has 1 amide bonds. The molecule has 19 heavy (non-hydrogen) atoms. The first kappa shape index (κ1) is 15.3. The van der Waals surface area contributed by atoms with Gasteiger partial charge in [-0.15, -0.1) is 0 Å². The molecule has 1 aromatic carbocycles. The van der Waals surface area contributed by atoms with E-state index in [2.05, 4.69) is 0 Å². The van der Waals surface area contributed by atoms with Crippen LogP contribution in [0.4, 0.5) is 0 Å². The van der Waals surface area contributed by atoms with Crippen LogP contribution in [0.2, 0.25) is 0 Å². The minimum Gasteiger partial charge on any atom is -0.497 e. The summed E-state index contributed by atoms with van der Waals surface area (Å²) in [6, 6.07) is 5.82. The first-order valence-corrected chi connectivity index (χ1v) is 6.21. The minimum absolute atomic E-state index is 0.211. The molecule has 0 aliphatic carbocycles. The molecule has 2 N–H and O–H groups in total. The Morgan fingerprint density at radius 1 is 1.32 bits per heavy atom. The number of amides is 1. The zero-order valence-electron chi connectivity index (χ0n) is 12.0. The molecule has 0 bridgehead atoms. The molecule has 0 spiro atoms. The number of rotatable bonds is 7. The van der Waals surface area contributed by atoms with Gasteiger partial charge in [0.15, 0.2) is 0 Å². The van der Waals surface area contributed by atoms with Crippen LogP contribution in [0, 0.1) is 0 Å². The SMILES string of the molecule is COc1ccc(OC)c(CN(CC(N)=O)C(C)C)c1. The van der Waals surface area contributed by atoms with E-state index in [9.17, 15) is 4.79 Å². The Labute approximate surface area is 114 Å². The van der Waals surface area contributed by atoms with Crippen LogP contribution >= 0.6 is 0 Å². The molecule has 0 heterocycles. The van der Waals surface area contributed by atoms with Gasteiger partial charge in [0.1, 0.15) is 11.5 Å². The second-order valence-corrected chi connectivity index (χ2v) is 4.64. The van der Waals surface area contributed by atoms with E-state index in [0.29, 0.717) is 6.54 Å². The third-order valence-corrected chi connectivity index (χ3v) is 2.95. The summed E-state index contributed by atoms with van der Waals surface area (Å²) in [7, 11) is 3.24. The van der Waals surface area contributed by atoms with Gasteiger partial charge in [0.2, 0.25) is 5.91 Å². The summed E-state index contributed by atoms with van der Waals surface area (Å²) in [6.07, 6.45) is 0. The number of ether oxygens (including phenoxy) is 2. The van der Waals surface area contributed by atoms with Gasteiger partial charge in [-0.1, -0.05) is 0 Å². The summed E-state index contributed by atoms with van der Waals surface area (Å²) in [5.74, 6) is 1.20. The lowest BCUT2D eigenvalue weighted by Gasteiger charge is -2.26. The average molecular weight is 266 g/mol. The van der Waals surface area contributed by atoms with Gasteiger partial charge in [-0.25, -0.2) is 0 Å². The van der Waals surface area contributed by atoms with Crippen molar-refractivity contribution in [3.05, 3.63) is 23.8 Å². The quantitative estimate of drug-likeness (QED) is 0.810. The molecular formula is C14H22N2O3. The molecule has 106 valence electrons. The normalized spacial score (nSPS) is 10.8. The van der Waals surface area contributed by atoms with Crippen LogP contribution in [0.15, 0.2) is 18.2 Å². The van der Waals surface area contributed by atoms with Gasteiger partial charge in [0.25, 0.3) is 0 Å². The van der Waals surface area contributed by atoms with E-state index in [-0.39, 0.29) is 18.5 Å². The predicted molar refractivity (Wildman–Crippen MR) is 74.3 cm³/mol. The van der Waals surface area contributed by atoms with Crippen LogP contribution in [0.5, 0.6) is 11.5 Å². The molecular weight excluding hydrogens is 244 g/mol. The number of carbonyl (C=O) groups excluding carboxylic acids is 1. The summed E-state index contributed by atoms with van der Waals surface area (Å²) < 4.78 is 10.5. The van der Waals surface area contributed by atoms with Crippen molar-refractivity contribution in [3.8, 4) is 11.5 Å². The molecule has 0 radical (unpaired) electrons. The van der Waals surface area contributed by atoms with Crippen LogP contribution in [0.3, 0.4) is 0 Å². The van der Waals surface area contributed by atoms with Gasteiger partial charge in [-0.3, -0.25) is 9.69 Å². The second kappa shape index (κ2) is 6.99. The van der Waals surface area contributed by atoms with Crippen molar-refractivity contribution < 1.29 is 14.3 Å². The van der Waals surface area contributed by atoms with Gasteiger partial charge in [-0.2, -0.15) is 0 Å². The van der Waals surface area contributed by atoms with E-state index >= 15 is 0 Å². The van der Waals surface area contributed by atoms with Crippen molar-refractivity contribution in [2.45, 2.75) is 26.4 Å². The van der Waals surface area contributed by atoms with Crippen LogP contribution < -0.4 is 15.2 Å². The highest BCUT2D eigenvalue weighted by Gasteiger charge is 2.15. The molecule has 0 aliphatic heterocycles. The van der Waals surface area contributed by atoms with Crippen molar-refractivity contribution in [1.82, 2.24) is 4.90 Å². The molecule has 0 aliphatic rings. The fraction of sp³-hybridized carbons (Fsp3) is 0.500. The van der Waals surface area contributed by atoms with Crippen LogP contribution in [-0.2, 0) is 11.3 Å². The molecule has 0 aromatic heterocycles. The molecule has 0 atom stereocenters. The molecule has 0 fully saturated rings. The zero-order valence-corrected chi connectivity index (χ0v) is 12.0. The fourth-order valence-electron chi connectivity index (χ4n) is 1.85. The molecule has 0 saturated carbocycles. The second-order valence-electron chi connectivity index (χ2n) is 4.64. The molecule has 0 unspecified atom stereocenters. The number of hydrogen-bond donors (Lipinski definition) is 1. The number of benzene rings is 1. The van der Waals surface area contributed by atoms with Crippen molar-refractivity contribution in [1.29, 1.82) is 0 Å². The number of hydrogen-bond acceptors (Lipinski definition) is 4. The summed E-state index contributed by atoms with van der Waals surface area (Å²) in [4.78, 5) is 13.1. The van der Waals surface area contributed by atoms with Gasteiger partial charge < -0.3 is 15.2 Å². The van der Waals surface area contributed by atoms with Crippen LogP contribution in [0.25, 0.3) is 0 Å². The standard InChI is InChI=1S/C14H22N2O3/c1-10(2)16(9-14(15)17)8-11-7-12(18-3)5-6-13(11)19-4/h5-7,10H,8-9H2,1-4H3,(H2,15,17). The molecule has 1 rings (SSSR count). The van der Waals surface area contributed by atoms with Crippen molar-refractivity contribution in [3.63, 3.8) is 0 Å². The van der Waals surface area contributed by atoms with Crippen molar-refractivity contribution in [2.75, 3.05) is 20.8 Å². The number of methoxy groups -OCH3 is 2. The lowest BCUT2D eigenvalue weighted by molar-refractivity contribution is -0.119. The molecule has 1 aromatic rings. The largest absolute Gasteiger partial charge is 0.497 e. The monoisotopic (exact) mass is 266 g/mol. The Morgan fingerprint density at radius 2 is 2.00 bits per heavy atom. The maximum absolute atomic E-state index is 11.1. The van der Waals surface area contributed by atoms with Crippen molar-refractivity contribution >= 4 is 5.91 Å². The third kappa shape index (κ3) is 4.44. The van der Waals surface area contributed by atoms with Gasteiger partial charge >= 0.3 is 0 Å². The Kier molecular flexibility index (Phi) is 5.63. The maximum Gasteiger partial charge on any atom is 0.231 e. The highest BCUT2D eigenvalue weighted by atomic mass is 16.5. The minimum atomic E-state index is -0.337. The summed E-state index contributed by atoms with van der Waals surface area (Å²) in [5, 5.41) is 0. The Balaban J connectivity index is 2.96.